The second-order valence-corrected chi connectivity index (χ2v) is 0. The first-order chi connectivity index (χ1) is 0. The quantitative estimate of drug-likeness (QED) is 0.516. The fraction of sp³-hybridized carbons (Fsp3) is 0. The van der Waals surface area contributed by atoms with Crippen LogP contribution in [0, 0.1) is 0 Å². The molecule has 0 saturated heterocycles. The molecule has 0 aliphatic heterocycles. The van der Waals surface area contributed by atoms with Crippen LogP contribution in [0.2, 0.25) is 0 Å². The summed E-state index contributed by atoms with van der Waals surface area (Å²) in [6, 6.07) is 0. The Hall–Kier alpha value is 2.81. The SMILES string of the molecule is [Co].[LiH].[Mn].[Mo].[Ni]. The largest absolute Gasteiger partial charge is 0 e. The van der Waals surface area contributed by atoms with Gasteiger partial charge in [0.1, 0.15) is 0 Å². The maximum absolute atomic E-state index is 0. The van der Waals surface area contributed by atoms with Gasteiger partial charge in [-0.1, -0.05) is 0 Å². The molecular weight excluding hydrogens is 275 g/mol. The molecule has 0 saturated carbocycles. The van der Waals surface area contributed by atoms with E-state index in [1.165, 1.54) is 0 Å². The van der Waals surface area contributed by atoms with Crippen molar-refractivity contribution in [2.24, 2.45) is 0 Å². The molecule has 0 aromatic rings. The van der Waals surface area contributed by atoms with Crippen LogP contribution in [0.1, 0.15) is 0 Å². The Bertz CT molecular complexity index is 11.6. The average Bonchev–Trinajstić information content (AvgIpc) is 0. The van der Waals surface area contributed by atoms with Crippen molar-refractivity contribution in [2.75, 3.05) is 0 Å². The van der Waals surface area contributed by atoms with Gasteiger partial charge in [-0.3, -0.25) is 0 Å². The van der Waals surface area contributed by atoms with E-state index in [0.29, 0.717) is 0 Å². The summed E-state index contributed by atoms with van der Waals surface area (Å²) in [5.41, 5.74) is 0. The van der Waals surface area contributed by atoms with Crippen molar-refractivity contribution in [1.29, 1.82) is 0 Å². The molecule has 5 heteroatoms. The standard InChI is InChI=1S/Co.Li.Mn.Mo.Ni.H. The molecule has 0 bridgehead atoms. The molecule has 0 nitrogen and oxygen atoms in total. The van der Waals surface area contributed by atoms with Crippen molar-refractivity contribution in [1.82, 2.24) is 0 Å². The third-order valence-electron chi connectivity index (χ3n) is 0. The molecule has 0 amide bonds. The zero-order valence-corrected chi connectivity index (χ0v) is 6.65. The summed E-state index contributed by atoms with van der Waals surface area (Å²) in [4.78, 5) is 0. The fourth-order valence-electron chi connectivity index (χ4n) is 0. The Morgan fingerprint density at radius 1 is 1.00 bits per heavy atom. The van der Waals surface area contributed by atoms with Crippen molar-refractivity contribution < 1.29 is 71.4 Å². The first kappa shape index (κ1) is 45.9. The van der Waals surface area contributed by atoms with Gasteiger partial charge in [0.2, 0.25) is 0 Å². The van der Waals surface area contributed by atoms with Gasteiger partial charge in [0, 0.05) is 71.4 Å². The van der Waals surface area contributed by atoms with E-state index in [-0.39, 0.29) is 90.3 Å². The average molecular weight is 276 g/mol. The van der Waals surface area contributed by atoms with Gasteiger partial charge in [-0.25, -0.2) is 0 Å². The summed E-state index contributed by atoms with van der Waals surface area (Å²) in [5, 5.41) is 0. The summed E-state index contributed by atoms with van der Waals surface area (Å²) in [6.07, 6.45) is 0. The smallest absolute Gasteiger partial charge is 0 e. The molecule has 0 spiro atoms. The van der Waals surface area contributed by atoms with Crippen molar-refractivity contribution >= 4 is 18.9 Å². The predicted octanol–water partition coefficient (Wildman–Crippen LogP) is -0.659. The summed E-state index contributed by atoms with van der Waals surface area (Å²) >= 11 is 0. The predicted molar refractivity (Wildman–Crippen MR) is 7.15 cm³/mol. The van der Waals surface area contributed by atoms with Gasteiger partial charge in [-0.2, -0.15) is 0 Å². The van der Waals surface area contributed by atoms with Crippen LogP contribution < -0.4 is 0 Å². The molecule has 2 radical (unpaired) electrons. The van der Waals surface area contributed by atoms with Crippen molar-refractivity contribution in [3.8, 4) is 0 Å². The van der Waals surface area contributed by atoms with E-state index in [0.717, 1.165) is 0 Å². The van der Waals surface area contributed by atoms with Gasteiger partial charge in [0.15, 0.2) is 0 Å². The third kappa shape index (κ3) is 20.0. The molecule has 34 valence electrons. The molecule has 0 rings (SSSR count). The van der Waals surface area contributed by atoms with E-state index in [4.69, 9.17) is 0 Å². The van der Waals surface area contributed by atoms with Gasteiger partial charge in [0.25, 0.3) is 0 Å². The third-order valence-corrected chi connectivity index (χ3v) is 0. The Kier molecular flexibility index (Phi) is 268. The van der Waals surface area contributed by atoms with Crippen LogP contribution in [0.5, 0.6) is 0 Å². The van der Waals surface area contributed by atoms with Gasteiger partial charge < -0.3 is 0 Å². The molecule has 0 aliphatic carbocycles. The topological polar surface area (TPSA) is 0 Å². The molecule has 0 N–H and O–H groups in total. The minimum absolute atomic E-state index is 0. The summed E-state index contributed by atoms with van der Waals surface area (Å²) < 4.78 is 0. The first-order valence-electron chi connectivity index (χ1n) is 0. The molecule has 0 aromatic carbocycles. The Balaban J connectivity index is 0. The van der Waals surface area contributed by atoms with Crippen LogP contribution in [0.3, 0.4) is 0 Å². The maximum atomic E-state index is 0. The van der Waals surface area contributed by atoms with Crippen LogP contribution >= 0.6 is 0 Å². The van der Waals surface area contributed by atoms with Gasteiger partial charge in [-0.15, -0.1) is 0 Å². The number of hydrogen-bond acceptors (Lipinski definition) is 0. The first-order valence-corrected chi connectivity index (χ1v) is 0. The van der Waals surface area contributed by atoms with Gasteiger partial charge in [-0.05, 0) is 0 Å². The minimum Gasteiger partial charge on any atom is 0 e. The molecule has 0 aromatic heterocycles. The van der Waals surface area contributed by atoms with Crippen LogP contribution in [-0.2, 0) is 71.4 Å². The minimum atomic E-state index is 0. The molecular formula is HCoLiMnMoNi. The van der Waals surface area contributed by atoms with Crippen LogP contribution in [0.4, 0.5) is 0 Å². The van der Waals surface area contributed by atoms with E-state index in [9.17, 15) is 0 Å². The summed E-state index contributed by atoms with van der Waals surface area (Å²) in [6.45, 7) is 0. The van der Waals surface area contributed by atoms with E-state index in [1.807, 2.05) is 0 Å². The Morgan fingerprint density at radius 2 is 1.00 bits per heavy atom. The van der Waals surface area contributed by atoms with Crippen LogP contribution in [-0.4, -0.2) is 18.9 Å². The normalized spacial score (nSPS) is 0. The van der Waals surface area contributed by atoms with E-state index in [1.54, 1.807) is 0 Å². The van der Waals surface area contributed by atoms with Gasteiger partial charge >= 0.3 is 18.9 Å². The number of rotatable bonds is 0. The molecule has 0 fully saturated rings. The number of hydrogen-bond donors (Lipinski definition) is 0. The Morgan fingerprint density at radius 3 is 1.00 bits per heavy atom. The molecule has 5 heavy (non-hydrogen) atoms. The summed E-state index contributed by atoms with van der Waals surface area (Å²) in [5.74, 6) is 0. The van der Waals surface area contributed by atoms with E-state index in [2.05, 4.69) is 0 Å². The zero-order valence-electron chi connectivity index (χ0n) is 1.44. The van der Waals surface area contributed by atoms with E-state index < -0.39 is 0 Å². The van der Waals surface area contributed by atoms with Crippen molar-refractivity contribution in [3.05, 3.63) is 0 Å². The molecule has 0 aliphatic rings. The molecule has 0 heterocycles. The molecule has 0 atom stereocenters. The second kappa shape index (κ2) is 29.1. The summed E-state index contributed by atoms with van der Waals surface area (Å²) in [7, 11) is 0. The second-order valence-electron chi connectivity index (χ2n) is 0. The maximum Gasteiger partial charge on any atom is 0 e. The zero-order chi connectivity index (χ0) is 0. The van der Waals surface area contributed by atoms with E-state index >= 15 is 0 Å². The van der Waals surface area contributed by atoms with Gasteiger partial charge in [0.05, 0.1) is 0 Å². The van der Waals surface area contributed by atoms with Crippen molar-refractivity contribution in [3.63, 3.8) is 0 Å². The van der Waals surface area contributed by atoms with Crippen LogP contribution in [0.15, 0.2) is 0 Å². The Labute approximate surface area is 89.0 Å². The van der Waals surface area contributed by atoms with Crippen molar-refractivity contribution in [2.45, 2.75) is 0 Å². The molecule has 0 unspecified atom stereocenters. The van der Waals surface area contributed by atoms with Crippen LogP contribution in [0.25, 0.3) is 0 Å². The monoisotopic (exact) mass is 278 g/mol. The fourth-order valence-corrected chi connectivity index (χ4v) is 0.